The van der Waals surface area contributed by atoms with Crippen LogP contribution in [0.3, 0.4) is 0 Å². The van der Waals surface area contributed by atoms with Gasteiger partial charge in [-0.25, -0.2) is 0 Å². The van der Waals surface area contributed by atoms with E-state index in [-0.39, 0.29) is 0 Å². The van der Waals surface area contributed by atoms with Gasteiger partial charge in [0, 0.05) is 6.04 Å². The summed E-state index contributed by atoms with van der Waals surface area (Å²) in [4.78, 5) is 0. The van der Waals surface area contributed by atoms with E-state index in [4.69, 9.17) is 9.47 Å². The van der Waals surface area contributed by atoms with E-state index in [2.05, 4.69) is 31.3 Å². The Hall–Kier alpha value is -1.22. The predicted octanol–water partition coefficient (Wildman–Crippen LogP) is 2.95. The van der Waals surface area contributed by atoms with Gasteiger partial charge >= 0.3 is 0 Å². The number of benzene rings is 1. The molecule has 2 unspecified atom stereocenters. The lowest BCUT2D eigenvalue weighted by Gasteiger charge is -2.24. The molecule has 0 radical (unpaired) electrons. The zero-order valence-electron chi connectivity index (χ0n) is 11.8. The second-order valence-electron chi connectivity index (χ2n) is 5.85. The van der Waals surface area contributed by atoms with Gasteiger partial charge in [0.15, 0.2) is 11.5 Å². The monoisotopic (exact) mass is 261 g/mol. The summed E-state index contributed by atoms with van der Waals surface area (Å²) in [7, 11) is 0. The highest BCUT2D eigenvalue weighted by molar-refractivity contribution is 5.44. The van der Waals surface area contributed by atoms with E-state index in [0.29, 0.717) is 25.0 Å². The molecule has 1 aromatic carbocycles. The highest BCUT2D eigenvalue weighted by atomic mass is 16.6. The first-order chi connectivity index (χ1) is 9.24. The number of rotatable bonds is 5. The maximum absolute atomic E-state index is 5.66. The van der Waals surface area contributed by atoms with Gasteiger partial charge in [-0.1, -0.05) is 19.9 Å². The highest BCUT2D eigenvalue weighted by Gasteiger charge is 2.23. The maximum atomic E-state index is 5.66. The molecule has 1 saturated carbocycles. The molecule has 0 saturated heterocycles. The van der Waals surface area contributed by atoms with E-state index in [0.717, 1.165) is 24.1 Å². The van der Waals surface area contributed by atoms with E-state index < -0.39 is 0 Å². The van der Waals surface area contributed by atoms with Crippen molar-refractivity contribution in [2.75, 3.05) is 19.8 Å². The first-order valence-electron chi connectivity index (χ1n) is 7.37. The molecule has 2 atom stereocenters. The first kappa shape index (κ1) is 12.8. The Kier molecular flexibility index (Phi) is 3.65. The summed E-state index contributed by atoms with van der Waals surface area (Å²) in [6.07, 6.45) is 2.70. The van der Waals surface area contributed by atoms with Gasteiger partial charge in [0.05, 0.1) is 0 Å². The summed E-state index contributed by atoms with van der Waals surface area (Å²) in [5.41, 5.74) is 1.34. The van der Waals surface area contributed by atoms with Crippen LogP contribution in [0.1, 0.15) is 38.2 Å². The first-order valence-corrected chi connectivity index (χ1v) is 7.37. The topological polar surface area (TPSA) is 30.5 Å². The Bertz CT molecular complexity index is 442. The third-order valence-electron chi connectivity index (χ3n) is 4.25. The van der Waals surface area contributed by atoms with Crippen molar-refractivity contribution in [3.05, 3.63) is 23.8 Å². The molecular formula is C16H23NO2. The summed E-state index contributed by atoms with van der Waals surface area (Å²) in [6.45, 7) is 7.02. The molecule has 0 aromatic heterocycles. The minimum Gasteiger partial charge on any atom is -0.486 e. The molecule has 1 aliphatic carbocycles. The van der Waals surface area contributed by atoms with Gasteiger partial charge in [0.1, 0.15) is 13.2 Å². The second kappa shape index (κ2) is 5.41. The Morgan fingerprint density at radius 1 is 1.16 bits per heavy atom. The van der Waals surface area contributed by atoms with E-state index in [9.17, 15) is 0 Å². The quantitative estimate of drug-likeness (QED) is 0.884. The number of fused-ring (bicyclic) bond motifs is 1. The fourth-order valence-electron chi connectivity index (χ4n) is 2.49. The van der Waals surface area contributed by atoms with Crippen molar-refractivity contribution in [3.63, 3.8) is 0 Å². The lowest BCUT2D eigenvalue weighted by molar-refractivity contribution is 0.171. The van der Waals surface area contributed by atoms with E-state index >= 15 is 0 Å². The van der Waals surface area contributed by atoms with Crippen LogP contribution in [0.5, 0.6) is 11.5 Å². The van der Waals surface area contributed by atoms with Crippen LogP contribution in [0.2, 0.25) is 0 Å². The molecule has 1 fully saturated rings. The van der Waals surface area contributed by atoms with Crippen molar-refractivity contribution in [1.82, 2.24) is 5.32 Å². The molecule has 19 heavy (non-hydrogen) atoms. The molecule has 104 valence electrons. The zero-order chi connectivity index (χ0) is 13.2. The van der Waals surface area contributed by atoms with Gasteiger partial charge in [-0.05, 0) is 48.9 Å². The second-order valence-corrected chi connectivity index (χ2v) is 5.85. The lowest BCUT2D eigenvalue weighted by atomic mass is 9.88. The maximum Gasteiger partial charge on any atom is 0.161 e. The number of hydrogen-bond donors (Lipinski definition) is 1. The van der Waals surface area contributed by atoms with E-state index in [1.165, 1.54) is 18.4 Å². The Balaban J connectivity index is 1.65. The van der Waals surface area contributed by atoms with Gasteiger partial charge < -0.3 is 14.8 Å². The Morgan fingerprint density at radius 2 is 1.89 bits per heavy atom. The Labute approximate surface area is 115 Å². The van der Waals surface area contributed by atoms with Crippen LogP contribution < -0.4 is 14.8 Å². The third kappa shape index (κ3) is 3.03. The fourth-order valence-corrected chi connectivity index (χ4v) is 2.49. The van der Waals surface area contributed by atoms with Gasteiger partial charge in [-0.15, -0.1) is 0 Å². The summed E-state index contributed by atoms with van der Waals surface area (Å²) in [6, 6.07) is 7.15. The van der Waals surface area contributed by atoms with Crippen molar-refractivity contribution >= 4 is 0 Å². The van der Waals surface area contributed by atoms with Crippen molar-refractivity contribution in [3.8, 4) is 11.5 Å². The molecule has 1 aliphatic heterocycles. The standard InChI is InChI=1S/C16H23NO2/c1-11(10-17-14-4-5-14)12(2)13-3-6-15-16(9-13)19-8-7-18-15/h3,6,9,11-12,14,17H,4-5,7-8,10H2,1-2H3. The van der Waals surface area contributed by atoms with Crippen LogP contribution in [-0.2, 0) is 0 Å². The normalized spacial score (nSPS) is 20.9. The minimum absolute atomic E-state index is 0.530. The van der Waals surface area contributed by atoms with Crippen LogP contribution >= 0.6 is 0 Å². The van der Waals surface area contributed by atoms with Gasteiger partial charge in [0.2, 0.25) is 0 Å². The SMILES string of the molecule is CC(CNC1CC1)C(C)c1ccc2c(c1)OCCO2. The summed E-state index contributed by atoms with van der Waals surface area (Å²) in [5.74, 6) is 2.94. The molecule has 3 heteroatoms. The molecule has 1 N–H and O–H groups in total. The van der Waals surface area contributed by atoms with Crippen molar-refractivity contribution in [2.24, 2.45) is 5.92 Å². The predicted molar refractivity (Wildman–Crippen MR) is 76.0 cm³/mol. The van der Waals surface area contributed by atoms with Crippen molar-refractivity contribution in [2.45, 2.75) is 38.6 Å². The zero-order valence-corrected chi connectivity index (χ0v) is 11.8. The number of hydrogen-bond acceptors (Lipinski definition) is 3. The van der Waals surface area contributed by atoms with Crippen molar-refractivity contribution in [1.29, 1.82) is 0 Å². The number of ether oxygens (including phenoxy) is 2. The van der Waals surface area contributed by atoms with Gasteiger partial charge in [-0.3, -0.25) is 0 Å². The molecular weight excluding hydrogens is 238 g/mol. The molecule has 2 aliphatic rings. The van der Waals surface area contributed by atoms with Crippen LogP contribution in [-0.4, -0.2) is 25.8 Å². The highest BCUT2D eigenvalue weighted by Crippen LogP contribution is 2.35. The largest absolute Gasteiger partial charge is 0.486 e. The van der Waals surface area contributed by atoms with Crippen LogP contribution in [0, 0.1) is 5.92 Å². The van der Waals surface area contributed by atoms with E-state index in [1.54, 1.807) is 0 Å². The average molecular weight is 261 g/mol. The summed E-state index contributed by atoms with van der Waals surface area (Å²) in [5, 5.41) is 3.61. The Morgan fingerprint density at radius 3 is 2.63 bits per heavy atom. The van der Waals surface area contributed by atoms with Crippen LogP contribution in [0.25, 0.3) is 0 Å². The average Bonchev–Trinajstić information content (AvgIpc) is 3.27. The lowest BCUT2D eigenvalue weighted by Crippen LogP contribution is -2.26. The molecule has 0 bridgehead atoms. The summed E-state index contributed by atoms with van der Waals surface area (Å²) >= 11 is 0. The van der Waals surface area contributed by atoms with Crippen LogP contribution in [0.15, 0.2) is 18.2 Å². The number of nitrogens with one attached hydrogen (secondary N) is 1. The van der Waals surface area contributed by atoms with Gasteiger partial charge in [0.25, 0.3) is 0 Å². The molecule has 3 nitrogen and oxygen atoms in total. The van der Waals surface area contributed by atoms with Crippen molar-refractivity contribution < 1.29 is 9.47 Å². The molecule has 0 amide bonds. The molecule has 1 aromatic rings. The minimum atomic E-state index is 0.530. The smallest absolute Gasteiger partial charge is 0.161 e. The molecule has 0 spiro atoms. The van der Waals surface area contributed by atoms with E-state index in [1.807, 2.05) is 6.07 Å². The van der Waals surface area contributed by atoms with Gasteiger partial charge in [-0.2, -0.15) is 0 Å². The summed E-state index contributed by atoms with van der Waals surface area (Å²) < 4.78 is 11.2. The third-order valence-corrected chi connectivity index (χ3v) is 4.25. The molecule has 3 rings (SSSR count). The van der Waals surface area contributed by atoms with Crippen LogP contribution in [0.4, 0.5) is 0 Å². The molecule has 1 heterocycles. The fraction of sp³-hybridized carbons (Fsp3) is 0.625.